The molecule has 0 radical (unpaired) electrons. The maximum atomic E-state index is 12.7. The molecule has 0 spiro atoms. The van der Waals surface area contributed by atoms with E-state index in [0.29, 0.717) is 10.5 Å². The van der Waals surface area contributed by atoms with Crippen LogP contribution < -0.4 is 0 Å². The van der Waals surface area contributed by atoms with Crippen molar-refractivity contribution in [1.82, 2.24) is 4.90 Å². The van der Waals surface area contributed by atoms with Gasteiger partial charge < -0.3 is 9.64 Å². The number of halogens is 4. The van der Waals surface area contributed by atoms with Crippen molar-refractivity contribution in [2.45, 2.75) is 23.5 Å². The molecule has 0 saturated carbocycles. The van der Waals surface area contributed by atoms with Crippen LogP contribution in [0.25, 0.3) is 0 Å². The molecule has 1 heterocycles. The van der Waals surface area contributed by atoms with Crippen LogP contribution in [0.3, 0.4) is 0 Å². The summed E-state index contributed by atoms with van der Waals surface area (Å²) < 4.78 is 66.0. The largest absolute Gasteiger partial charge is 0.471 e. The van der Waals surface area contributed by atoms with E-state index in [-0.39, 0.29) is 30.0 Å². The molecule has 23 heavy (non-hydrogen) atoms. The lowest BCUT2D eigenvalue weighted by Crippen LogP contribution is -2.47. The minimum absolute atomic E-state index is 0.133. The Balaban J connectivity index is 2.50. The Morgan fingerprint density at radius 2 is 2.09 bits per heavy atom. The van der Waals surface area contributed by atoms with Crippen LogP contribution in [0.1, 0.15) is 17.2 Å². The highest BCUT2D eigenvalue weighted by atomic mass is 35.7. The molecule has 0 aliphatic carbocycles. The summed E-state index contributed by atoms with van der Waals surface area (Å²) in [5, 5.41) is 0. The normalized spacial score (nSPS) is 18.7. The van der Waals surface area contributed by atoms with Gasteiger partial charge in [-0.3, -0.25) is 4.79 Å². The molecule has 1 amide bonds. The van der Waals surface area contributed by atoms with Crippen molar-refractivity contribution in [1.29, 1.82) is 0 Å². The zero-order valence-electron chi connectivity index (χ0n) is 11.9. The molecule has 0 bridgehead atoms. The zero-order chi connectivity index (χ0) is 17.4. The lowest BCUT2D eigenvalue weighted by molar-refractivity contribution is -0.189. The number of alkyl halides is 3. The summed E-state index contributed by atoms with van der Waals surface area (Å²) >= 11 is 0. The molecule has 0 unspecified atom stereocenters. The monoisotopic (exact) mass is 371 g/mol. The summed E-state index contributed by atoms with van der Waals surface area (Å²) in [6, 6.07) is 2.93. The molecule has 0 fully saturated rings. The summed E-state index contributed by atoms with van der Waals surface area (Å²) in [5.41, 5.74) is 0.944. The van der Waals surface area contributed by atoms with Gasteiger partial charge in [0, 0.05) is 24.3 Å². The van der Waals surface area contributed by atoms with Crippen molar-refractivity contribution in [3.05, 3.63) is 29.3 Å². The fraction of sp³-hybridized carbons (Fsp3) is 0.462. The minimum Gasteiger partial charge on any atom is -0.382 e. The Kier molecular flexibility index (Phi) is 4.93. The van der Waals surface area contributed by atoms with Crippen LogP contribution in [-0.4, -0.2) is 45.7 Å². The summed E-state index contributed by atoms with van der Waals surface area (Å²) in [5.74, 6) is -1.98. The zero-order valence-corrected chi connectivity index (χ0v) is 13.5. The second-order valence-electron chi connectivity index (χ2n) is 5.02. The third-order valence-corrected chi connectivity index (χ3v) is 4.94. The van der Waals surface area contributed by atoms with E-state index in [1.807, 2.05) is 0 Å². The van der Waals surface area contributed by atoms with Crippen LogP contribution in [0.2, 0.25) is 0 Å². The number of rotatable bonds is 3. The molecule has 0 N–H and O–H groups in total. The van der Waals surface area contributed by atoms with E-state index in [0.717, 1.165) is 0 Å². The number of benzene rings is 1. The number of nitrogens with zero attached hydrogens (tertiary/aromatic N) is 1. The number of fused-ring (bicyclic) bond motifs is 1. The lowest BCUT2D eigenvalue weighted by Gasteiger charge is -2.37. The minimum atomic E-state index is -5.01. The van der Waals surface area contributed by atoms with Crippen molar-refractivity contribution < 1.29 is 31.1 Å². The van der Waals surface area contributed by atoms with Crippen LogP contribution in [-0.2, 0) is 25.0 Å². The number of carbonyl (C=O) groups excluding carboxylic acids is 1. The number of carbonyl (C=O) groups is 1. The summed E-state index contributed by atoms with van der Waals surface area (Å²) in [4.78, 5) is 12.0. The van der Waals surface area contributed by atoms with Crippen LogP contribution >= 0.6 is 10.7 Å². The number of hydrogen-bond acceptors (Lipinski definition) is 4. The van der Waals surface area contributed by atoms with Crippen LogP contribution in [0.15, 0.2) is 23.1 Å². The molecule has 2 rings (SSSR count). The second-order valence-corrected chi connectivity index (χ2v) is 7.58. The number of amides is 1. The molecule has 10 heteroatoms. The van der Waals surface area contributed by atoms with Crippen LogP contribution in [0.5, 0.6) is 0 Å². The Morgan fingerprint density at radius 1 is 1.43 bits per heavy atom. The first kappa shape index (κ1) is 18.0. The first-order valence-electron chi connectivity index (χ1n) is 6.50. The van der Waals surface area contributed by atoms with E-state index in [2.05, 4.69) is 0 Å². The van der Waals surface area contributed by atoms with Gasteiger partial charge >= 0.3 is 12.1 Å². The van der Waals surface area contributed by atoms with Gasteiger partial charge in [-0.05, 0) is 29.7 Å². The predicted molar refractivity (Wildman–Crippen MR) is 75.6 cm³/mol. The Morgan fingerprint density at radius 3 is 2.61 bits per heavy atom. The first-order valence-corrected chi connectivity index (χ1v) is 8.81. The Hall–Kier alpha value is -1.32. The van der Waals surface area contributed by atoms with E-state index in [1.54, 1.807) is 0 Å². The summed E-state index contributed by atoms with van der Waals surface area (Å²) in [6.45, 7) is -0.326. The maximum Gasteiger partial charge on any atom is 0.471 e. The number of ether oxygens (including phenoxy) is 1. The average Bonchev–Trinajstić information content (AvgIpc) is 2.44. The van der Waals surface area contributed by atoms with Gasteiger partial charge in [-0.25, -0.2) is 8.42 Å². The van der Waals surface area contributed by atoms with Crippen molar-refractivity contribution in [3.63, 3.8) is 0 Å². The maximum absolute atomic E-state index is 12.7. The summed E-state index contributed by atoms with van der Waals surface area (Å²) in [6.07, 6.45) is -4.83. The Labute approximate surface area is 135 Å². The van der Waals surface area contributed by atoms with Crippen LogP contribution in [0, 0.1) is 0 Å². The third-order valence-electron chi connectivity index (χ3n) is 3.58. The summed E-state index contributed by atoms with van der Waals surface area (Å²) in [7, 11) is 2.53. The highest BCUT2D eigenvalue weighted by molar-refractivity contribution is 8.13. The van der Waals surface area contributed by atoms with Gasteiger partial charge in [0.25, 0.3) is 9.05 Å². The molecule has 1 aromatic rings. The van der Waals surface area contributed by atoms with Gasteiger partial charge in [-0.15, -0.1) is 0 Å². The van der Waals surface area contributed by atoms with Crippen LogP contribution in [0.4, 0.5) is 13.2 Å². The second kappa shape index (κ2) is 6.29. The number of methoxy groups -OCH3 is 1. The fourth-order valence-corrected chi connectivity index (χ4v) is 3.36. The number of hydrogen-bond donors (Lipinski definition) is 0. The fourth-order valence-electron chi connectivity index (χ4n) is 2.57. The van der Waals surface area contributed by atoms with E-state index >= 15 is 0 Å². The van der Waals surface area contributed by atoms with Crippen molar-refractivity contribution in [2.24, 2.45) is 0 Å². The van der Waals surface area contributed by atoms with Crippen molar-refractivity contribution in [3.8, 4) is 0 Å². The van der Waals surface area contributed by atoms with Gasteiger partial charge in [0.2, 0.25) is 0 Å². The molecular formula is C13H13ClF3NO4S. The molecule has 128 valence electrons. The SMILES string of the molecule is COC[C@H]1c2cc(S(=O)(=O)Cl)ccc2CCN1C(=O)C(F)(F)F. The molecule has 1 aliphatic heterocycles. The smallest absolute Gasteiger partial charge is 0.382 e. The van der Waals surface area contributed by atoms with Gasteiger partial charge in [0.05, 0.1) is 17.5 Å². The van der Waals surface area contributed by atoms with Gasteiger partial charge in [-0.2, -0.15) is 13.2 Å². The molecule has 1 aromatic carbocycles. The molecular weight excluding hydrogens is 359 g/mol. The molecule has 0 aromatic heterocycles. The molecule has 0 saturated heterocycles. The van der Waals surface area contributed by atoms with Gasteiger partial charge in [0.1, 0.15) is 0 Å². The van der Waals surface area contributed by atoms with E-state index in [1.165, 1.54) is 25.3 Å². The van der Waals surface area contributed by atoms with E-state index < -0.39 is 27.2 Å². The standard InChI is InChI=1S/C13H13ClF3NO4S/c1-22-7-11-10-6-9(23(14,20)21)3-2-8(10)4-5-18(11)12(19)13(15,16)17/h2-3,6,11H,4-5,7H2,1H3/t11-/m0/s1. The van der Waals surface area contributed by atoms with Crippen molar-refractivity contribution >= 4 is 25.6 Å². The van der Waals surface area contributed by atoms with Crippen molar-refractivity contribution in [2.75, 3.05) is 20.3 Å². The molecule has 1 atom stereocenters. The van der Waals surface area contributed by atoms with Gasteiger partial charge in [0.15, 0.2) is 0 Å². The third kappa shape index (κ3) is 3.78. The topological polar surface area (TPSA) is 63.7 Å². The van der Waals surface area contributed by atoms with E-state index in [9.17, 15) is 26.4 Å². The Bertz CT molecular complexity index is 720. The highest BCUT2D eigenvalue weighted by Crippen LogP contribution is 2.35. The first-order chi connectivity index (χ1) is 10.6. The van der Waals surface area contributed by atoms with Gasteiger partial charge in [-0.1, -0.05) is 6.07 Å². The predicted octanol–water partition coefficient (Wildman–Crippen LogP) is 2.25. The average molecular weight is 372 g/mol. The molecule has 1 aliphatic rings. The lowest BCUT2D eigenvalue weighted by atomic mass is 9.93. The van der Waals surface area contributed by atoms with E-state index in [4.69, 9.17) is 15.4 Å². The molecule has 5 nitrogen and oxygen atoms in total. The quantitative estimate of drug-likeness (QED) is 0.764. The highest BCUT2D eigenvalue weighted by Gasteiger charge is 2.46.